The van der Waals surface area contributed by atoms with Crippen LogP contribution in [-0.4, -0.2) is 61.0 Å². The predicted octanol–water partition coefficient (Wildman–Crippen LogP) is 3.61. The quantitative estimate of drug-likeness (QED) is 0.486. The van der Waals surface area contributed by atoms with Crippen LogP contribution in [0.4, 0.5) is 17.6 Å². The van der Waals surface area contributed by atoms with Crippen LogP contribution in [0.1, 0.15) is 37.7 Å². The van der Waals surface area contributed by atoms with E-state index < -0.39 is 0 Å². The van der Waals surface area contributed by atoms with Crippen molar-refractivity contribution in [3.05, 3.63) is 42.0 Å². The molecular formula is C24H34N6OS. The molecule has 172 valence electrons. The summed E-state index contributed by atoms with van der Waals surface area (Å²) in [5.74, 6) is 2.49. The van der Waals surface area contributed by atoms with E-state index in [1.165, 1.54) is 31.2 Å². The molecule has 2 aliphatic rings. The number of benzene rings is 1. The van der Waals surface area contributed by atoms with Crippen molar-refractivity contribution < 1.29 is 4.74 Å². The number of hydrogen-bond acceptors (Lipinski definition) is 6. The normalized spacial score (nSPS) is 17.0. The molecule has 0 spiro atoms. The van der Waals surface area contributed by atoms with E-state index in [1.54, 1.807) is 0 Å². The molecule has 0 saturated carbocycles. The van der Waals surface area contributed by atoms with Crippen molar-refractivity contribution in [2.75, 3.05) is 61.1 Å². The number of aryl methyl sites for hydroxylation is 1. The molecule has 0 unspecified atom stereocenters. The van der Waals surface area contributed by atoms with Gasteiger partial charge < -0.3 is 25.2 Å². The smallest absolute Gasteiger partial charge is 0.232 e. The lowest BCUT2D eigenvalue weighted by Crippen LogP contribution is -2.37. The summed E-state index contributed by atoms with van der Waals surface area (Å²) in [6.07, 6.45) is 7.04. The first kappa shape index (κ1) is 22.7. The fourth-order valence-electron chi connectivity index (χ4n) is 4.18. The predicted molar refractivity (Wildman–Crippen MR) is 135 cm³/mol. The molecule has 0 aliphatic carbocycles. The van der Waals surface area contributed by atoms with Gasteiger partial charge in [-0.15, -0.1) is 0 Å². The molecule has 3 heterocycles. The van der Waals surface area contributed by atoms with E-state index in [1.807, 2.05) is 6.07 Å². The molecule has 1 aromatic heterocycles. The average molecular weight is 455 g/mol. The van der Waals surface area contributed by atoms with E-state index >= 15 is 0 Å². The van der Waals surface area contributed by atoms with E-state index in [0.29, 0.717) is 11.1 Å². The van der Waals surface area contributed by atoms with E-state index in [-0.39, 0.29) is 0 Å². The number of rotatable bonds is 7. The van der Waals surface area contributed by atoms with Crippen LogP contribution in [-0.2, 0) is 11.2 Å². The lowest BCUT2D eigenvalue weighted by Gasteiger charge is -2.29. The summed E-state index contributed by atoms with van der Waals surface area (Å²) in [4.78, 5) is 14.3. The van der Waals surface area contributed by atoms with Gasteiger partial charge in [-0.3, -0.25) is 0 Å². The zero-order valence-corrected chi connectivity index (χ0v) is 19.6. The summed E-state index contributed by atoms with van der Waals surface area (Å²) in [5.41, 5.74) is 1.34. The van der Waals surface area contributed by atoms with Crippen molar-refractivity contribution >= 4 is 34.9 Å². The third-order valence-corrected chi connectivity index (χ3v) is 6.21. The molecule has 2 fully saturated rings. The Morgan fingerprint density at radius 2 is 1.56 bits per heavy atom. The van der Waals surface area contributed by atoms with Crippen molar-refractivity contribution in [1.82, 2.24) is 15.3 Å². The van der Waals surface area contributed by atoms with Crippen LogP contribution in [0.2, 0.25) is 0 Å². The minimum absolute atomic E-state index is 0.564. The second-order valence-corrected chi connectivity index (χ2v) is 8.79. The van der Waals surface area contributed by atoms with Gasteiger partial charge in [0.1, 0.15) is 11.6 Å². The minimum atomic E-state index is 0.564. The molecule has 2 aromatic rings. The highest BCUT2D eigenvalue weighted by atomic mass is 32.1. The second kappa shape index (κ2) is 12.0. The Kier molecular flexibility index (Phi) is 8.50. The van der Waals surface area contributed by atoms with Gasteiger partial charge in [-0.2, -0.15) is 9.97 Å². The summed E-state index contributed by atoms with van der Waals surface area (Å²) in [6, 6.07) is 12.6. The van der Waals surface area contributed by atoms with Gasteiger partial charge in [0.05, 0.1) is 13.2 Å². The van der Waals surface area contributed by atoms with Gasteiger partial charge in [0, 0.05) is 38.8 Å². The highest BCUT2D eigenvalue weighted by molar-refractivity contribution is 7.80. The van der Waals surface area contributed by atoms with Gasteiger partial charge >= 0.3 is 0 Å². The van der Waals surface area contributed by atoms with Crippen LogP contribution in [0, 0.1) is 0 Å². The van der Waals surface area contributed by atoms with Crippen molar-refractivity contribution in [3.8, 4) is 0 Å². The molecule has 0 radical (unpaired) electrons. The molecular weight excluding hydrogens is 420 g/mol. The Bertz CT molecular complexity index is 851. The van der Waals surface area contributed by atoms with Crippen molar-refractivity contribution in [2.45, 2.75) is 38.5 Å². The first-order valence-electron chi connectivity index (χ1n) is 11.8. The van der Waals surface area contributed by atoms with E-state index in [9.17, 15) is 0 Å². The van der Waals surface area contributed by atoms with Gasteiger partial charge in [-0.05, 0) is 43.5 Å². The number of nitrogens with zero attached hydrogens (tertiary/aromatic N) is 4. The van der Waals surface area contributed by atoms with Gasteiger partial charge in [0.15, 0.2) is 5.11 Å². The number of hydrogen-bond donors (Lipinski definition) is 2. The lowest BCUT2D eigenvalue weighted by atomic mass is 10.1. The van der Waals surface area contributed by atoms with Crippen LogP contribution in [0.3, 0.4) is 0 Å². The number of nitrogens with one attached hydrogen (secondary N) is 2. The van der Waals surface area contributed by atoms with Crippen molar-refractivity contribution in [2.24, 2.45) is 0 Å². The zero-order chi connectivity index (χ0) is 22.0. The molecule has 2 saturated heterocycles. The van der Waals surface area contributed by atoms with E-state index in [0.717, 1.165) is 70.4 Å². The van der Waals surface area contributed by atoms with Gasteiger partial charge in [0.2, 0.25) is 5.95 Å². The molecule has 4 rings (SSSR count). The van der Waals surface area contributed by atoms with Crippen LogP contribution in [0.25, 0.3) is 0 Å². The maximum Gasteiger partial charge on any atom is 0.232 e. The second-order valence-electron chi connectivity index (χ2n) is 8.38. The fraction of sp³-hybridized carbons (Fsp3) is 0.542. The molecule has 1 aromatic carbocycles. The van der Waals surface area contributed by atoms with Crippen LogP contribution in [0.15, 0.2) is 36.4 Å². The Balaban J connectivity index is 1.39. The molecule has 32 heavy (non-hydrogen) atoms. The molecule has 8 heteroatoms. The Morgan fingerprint density at radius 3 is 2.25 bits per heavy atom. The molecule has 0 amide bonds. The number of thiocarbonyl (C=S) groups is 1. The number of ether oxygens (including phenoxy) is 1. The molecule has 2 aliphatic heterocycles. The number of aromatic nitrogens is 2. The first-order valence-corrected chi connectivity index (χ1v) is 12.2. The summed E-state index contributed by atoms with van der Waals surface area (Å²) >= 11 is 5.54. The molecule has 0 atom stereocenters. The van der Waals surface area contributed by atoms with Crippen LogP contribution < -0.4 is 20.4 Å². The first-order chi connectivity index (χ1) is 15.8. The lowest BCUT2D eigenvalue weighted by molar-refractivity contribution is 0.122. The van der Waals surface area contributed by atoms with Crippen molar-refractivity contribution in [3.63, 3.8) is 0 Å². The maximum absolute atomic E-state index is 5.54. The largest absolute Gasteiger partial charge is 0.378 e. The van der Waals surface area contributed by atoms with Crippen LogP contribution >= 0.6 is 12.2 Å². The summed E-state index contributed by atoms with van der Waals surface area (Å²) in [7, 11) is 0. The highest BCUT2D eigenvalue weighted by Gasteiger charge is 2.19. The average Bonchev–Trinajstić information content (AvgIpc) is 3.13. The number of morpholine rings is 1. The molecule has 0 bridgehead atoms. The topological polar surface area (TPSA) is 65.6 Å². The zero-order valence-electron chi connectivity index (χ0n) is 18.8. The van der Waals surface area contributed by atoms with Gasteiger partial charge in [-0.1, -0.05) is 43.2 Å². The monoisotopic (exact) mass is 454 g/mol. The molecule has 2 N–H and O–H groups in total. The third-order valence-electron chi connectivity index (χ3n) is 5.96. The summed E-state index contributed by atoms with van der Waals surface area (Å²) in [5, 5.41) is 7.10. The third kappa shape index (κ3) is 6.77. The summed E-state index contributed by atoms with van der Waals surface area (Å²) in [6.45, 7) is 6.04. The summed E-state index contributed by atoms with van der Waals surface area (Å²) < 4.78 is 5.52. The number of anilines is 3. The highest BCUT2D eigenvalue weighted by Crippen LogP contribution is 2.24. The Hall–Kier alpha value is -2.45. The Morgan fingerprint density at radius 1 is 0.906 bits per heavy atom. The van der Waals surface area contributed by atoms with E-state index in [4.69, 9.17) is 26.9 Å². The Labute approximate surface area is 196 Å². The van der Waals surface area contributed by atoms with E-state index in [2.05, 4.69) is 50.8 Å². The minimum Gasteiger partial charge on any atom is -0.378 e. The van der Waals surface area contributed by atoms with Crippen molar-refractivity contribution in [1.29, 1.82) is 0 Å². The van der Waals surface area contributed by atoms with Gasteiger partial charge in [0.25, 0.3) is 0 Å². The SMILES string of the molecule is S=C(NCCCc1ccccc1)Nc1nc(N2CCCCCC2)cc(N2CCOCC2)n1. The van der Waals surface area contributed by atoms with Gasteiger partial charge in [-0.25, -0.2) is 0 Å². The standard InChI is InChI=1S/C24H34N6OS/c32-24(25-12-8-11-20-9-4-3-5-10-20)28-23-26-21(29-13-6-1-2-7-14-29)19-22(27-23)30-15-17-31-18-16-30/h3-5,9-10,19H,1-2,6-8,11-18H2,(H2,25,26,27,28,32). The maximum atomic E-state index is 5.54. The fourth-order valence-corrected chi connectivity index (χ4v) is 4.37. The molecule has 7 nitrogen and oxygen atoms in total. The van der Waals surface area contributed by atoms with Crippen LogP contribution in [0.5, 0.6) is 0 Å².